The Labute approximate surface area is 117 Å². The first kappa shape index (κ1) is 14.1. The fraction of sp³-hybridized carbons (Fsp3) is 0.333. The Bertz CT molecular complexity index is 524. The second kappa shape index (κ2) is 6.70. The number of methoxy groups -OCH3 is 1. The normalized spacial score (nSPS) is 12.4. The van der Waals surface area contributed by atoms with E-state index in [1.54, 1.807) is 18.4 Å². The number of hydrogen-bond donors (Lipinski definition) is 2. The molecule has 102 valence electrons. The van der Waals surface area contributed by atoms with Crippen molar-refractivity contribution in [3.8, 4) is 5.75 Å². The molecule has 0 fully saturated rings. The second-order valence-corrected chi connectivity index (χ2v) is 5.42. The Hall–Kier alpha value is -1.36. The summed E-state index contributed by atoms with van der Waals surface area (Å²) < 4.78 is 5.21. The lowest BCUT2D eigenvalue weighted by Crippen LogP contribution is -2.23. The van der Waals surface area contributed by atoms with Crippen LogP contribution >= 0.6 is 11.3 Å². The van der Waals surface area contributed by atoms with Gasteiger partial charge in [0.2, 0.25) is 0 Å². The molecule has 2 rings (SSSR count). The van der Waals surface area contributed by atoms with Gasteiger partial charge < -0.3 is 15.2 Å². The van der Waals surface area contributed by atoms with Crippen molar-refractivity contribution in [2.24, 2.45) is 0 Å². The van der Waals surface area contributed by atoms with Gasteiger partial charge in [0, 0.05) is 11.4 Å². The lowest BCUT2D eigenvalue weighted by atomic mass is 10.1. The van der Waals surface area contributed by atoms with Crippen LogP contribution in [0.4, 0.5) is 0 Å². The van der Waals surface area contributed by atoms with E-state index in [9.17, 15) is 5.11 Å². The van der Waals surface area contributed by atoms with Crippen LogP contribution in [0.3, 0.4) is 0 Å². The lowest BCUT2D eigenvalue weighted by molar-refractivity contribution is 0.243. The first-order chi connectivity index (χ1) is 9.24. The van der Waals surface area contributed by atoms with Crippen LogP contribution in [-0.2, 0) is 6.54 Å². The number of hydrogen-bond acceptors (Lipinski definition) is 4. The van der Waals surface area contributed by atoms with Gasteiger partial charge in [0.25, 0.3) is 0 Å². The van der Waals surface area contributed by atoms with E-state index in [0.29, 0.717) is 0 Å². The molecule has 1 aromatic heterocycles. The molecule has 0 aliphatic heterocycles. The molecule has 0 radical (unpaired) electrons. The van der Waals surface area contributed by atoms with Crippen molar-refractivity contribution in [3.63, 3.8) is 0 Å². The molecule has 0 saturated heterocycles. The van der Waals surface area contributed by atoms with Crippen LogP contribution in [0.1, 0.15) is 22.0 Å². The molecule has 3 nitrogen and oxygen atoms in total. The fourth-order valence-electron chi connectivity index (χ4n) is 1.95. The molecule has 1 aromatic carbocycles. The summed E-state index contributed by atoms with van der Waals surface area (Å²) in [4.78, 5) is 1.31. The highest BCUT2D eigenvalue weighted by Crippen LogP contribution is 2.21. The molecule has 1 unspecified atom stereocenters. The van der Waals surface area contributed by atoms with Crippen molar-refractivity contribution < 1.29 is 9.84 Å². The number of benzene rings is 1. The monoisotopic (exact) mass is 277 g/mol. The first-order valence-electron chi connectivity index (χ1n) is 6.25. The number of nitrogens with one attached hydrogen (secondary N) is 1. The third kappa shape index (κ3) is 3.56. The van der Waals surface area contributed by atoms with E-state index in [2.05, 4.69) is 23.7 Å². The molecule has 0 bridgehead atoms. The molecule has 4 heteroatoms. The minimum atomic E-state index is -0.0726. The van der Waals surface area contributed by atoms with E-state index in [-0.39, 0.29) is 12.6 Å². The molecule has 0 saturated carbocycles. The van der Waals surface area contributed by atoms with Crippen molar-refractivity contribution >= 4 is 11.3 Å². The highest BCUT2D eigenvalue weighted by molar-refractivity contribution is 7.10. The molecular formula is C15H19NO2S. The minimum Gasteiger partial charge on any atom is -0.497 e. The van der Waals surface area contributed by atoms with Crippen molar-refractivity contribution in [3.05, 3.63) is 51.7 Å². The van der Waals surface area contributed by atoms with Gasteiger partial charge in [-0.15, -0.1) is 11.3 Å². The number of rotatable bonds is 6. The Morgan fingerprint density at radius 2 is 2.21 bits per heavy atom. The molecular weight excluding hydrogens is 258 g/mol. The van der Waals surface area contributed by atoms with E-state index in [0.717, 1.165) is 17.9 Å². The van der Waals surface area contributed by atoms with Gasteiger partial charge in [-0.25, -0.2) is 0 Å². The number of ether oxygens (including phenoxy) is 1. The van der Waals surface area contributed by atoms with Gasteiger partial charge in [0.15, 0.2) is 0 Å². The van der Waals surface area contributed by atoms with Gasteiger partial charge in [-0.3, -0.25) is 0 Å². The smallest absolute Gasteiger partial charge is 0.119 e. The summed E-state index contributed by atoms with van der Waals surface area (Å²) in [6.45, 7) is 2.94. The Morgan fingerprint density at radius 1 is 1.37 bits per heavy atom. The average molecular weight is 277 g/mol. The summed E-state index contributed by atoms with van der Waals surface area (Å²) in [5, 5.41) is 15.0. The zero-order chi connectivity index (χ0) is 13.7. The Balaban J connectivity index is 2.05. The van der Waals surface area contributed by atoms with Crippen molar-refractivity contribution in [1.82, 2.24) is 5.32 Å². The van der Waals surface area contributed by atoms with Crippen molar-refractivity contribution in [2.45, 2.75) is 19.5 Å². The maximum atomic E-state index is 9.54. The molecule has 1 heterocycles. The molecule has 0 amide bonds. The molecule has 0 spiro atoms. The summed E-state index contributed by atoms with van der Waals surface area (Å²) >= 11 is 1.74. The molecule has 0 aliphatic carbocycles. The highest BCUT2D eigenvalue weighted by Gasteiger charge is 2.11. The molecule has 2 aromatic rings. The summed E-state index contributed by atoms with van der Waals surface area (Å²) in [5.74, 6) is 0.810. The Morgan fingerprint density at radius 3 is 2.84 bits per heavy atom. The topological polar surface area (TPSA) is 41.5 Å². The van der Waals surface area contributed by atoms with Gasteiger partial charge in [0.1, 0.15) is 5.75 Å². The van der Waals surface area contributed by atoms with Gasteiger partial charge >= 0.3 is 0 Å². The predicted octanol–water partition coefficient (Wildman–Crippen LogP) is 2.89. The summed E-state index contributed by atoms with van der Waals surface area (Å²) in [6.07, 6.45) is 0. The molecule has 19 heavy (non-hydrogen) atoms. The number of aliphatic hydroxyl groups is 1. The second-order valence-electron chi connectivity index (χ2n) is 4.42. The predicted molar refractivity (Wildman–Crippen MR) is 78.7 cm³/mol. The van der Waals surface area contributed by atoms with Gasteiger partial charge in [-0.2, -0.15) is 0 Å². The summed E-state index contributed by atoms with van der Waals surface area (Å²) in [6, 6.07) is 9.83. The average Bonchev–Trinajstić information content (AvgIpc) is 2.85. The molecule has 1 atom stereocenters. The van der Waals surface area contributed by atoms with Gasteiger partial charge in [-0.05, 0) is 41.6 Å². The quantitative estimate of drug-likeness (QED) is 0.853. The highest BCUT2D eigenvalue weighted by atomic mass is 32.1. The zero-order valence-electron chi connectivity index (χ0n) is 11.2. The van der Waals surface area contributed by atoms with E-state index in [4.69, 9.17) is 4.74 Å². The minimum absolute atomic E-state index is 0.0671. The van der Waals surface area contributed by atoms with Crippen LogP contribution < -0.4 is 10.1 Å². The summed E-state index contributed by atoms with van der Waals surface area (Å²) in [7, 11) is 1.65. The van der Waals surface area contributed by atoms with Crippen molar-refractivity contribution in [1.29, 1.82) is 0 Å². The number of aryl methyl sites for hydroxylation is 1. The Kier molecular flexibility index (Phi) is 4.96. The van der Waals surface area contributed by atoms with Crippen LogP contribution in [0.2, 0.25) is 0 Å². The summed E-state index contributed by atoms with van der Waals surface area (Å²) in [5.41, 5.74) is 2.33. The lowest BCUT2D eigenvalue weighted by Gasteiger charge is -2.17. The van der Waals surface area contributed by atoms with Crippen LogP contribution in [0.15, 0.2) is 35.7 Å². The van der Waals surface area contributed by atoms with Crippen LogP contribution in [0, 0.1) is 6.92 Å². The van der Waals surface area contributed by atoms with Crippen molar-refractivity contribution in [2.75, 3.05) is 13.7 Å². The van der Waals surface area contributed by atoms with Gasteiger partial charge in [0.05, 0.1) is 19.8 Å². The van der Waals surface area contributed by atoms with Crippen LogP contribution in [0.25, 0.3) is 0 Å². The number of aliphatic hydroxyl groups excluding tert-OH is 1. The van der Waals surface area contributed by atoms with E-state index < -0.39 is 0 Å². The number of thiophene rings is 1. The maximum Gasteiger partial charge on any atom is 0.119 e. The van der Waals surface area contributed by atoms with Crippen LogP contribution in [0.5, 0.6) is 5.75 Å². The maximum absolute atomic E-state index is 9.54. The van der Waals surface area contributed by atoms with Crippen LogP contribution in [-0.4, -0.2) is 18.8 Å². The molecule has 2 N–H and O–H groups in total. The zero-order valence-corrected chi connectivity index (χ0v) is 12.0. The molecule has 0 aliphatic rings. The SMILES string of the molecule is COc1cccc(C(CO)NCc2sccc2C)c1. The third-order valence-corrected chi connectivity index (χ3v) is 4.18. The van der Waals surface area contributed by atoms with Gasteiger partial charge in [-0.1, -0.05) is 12.1 Å². The van der Waals surface area contributed by atoms with E-state index in [1.807, 2.05) is 24.3 Å². The third-order valence-electron chi connectivity index (χ3n) is 3.16. The van der Waals surface area contributed by atoms with E-state index in [1.165, 1.54) is 10.4 Å². The first-order valence-corrected chi connectivity index (χ1v) is 7.13. The van der Waals surface area contributed by atoms with E-state index >= 15 is 0 Å². The standard InChI is InChI=1S/C15H19NO2S/c1-11-6-7-19-15(11)9-16-14(10-17)12-4-3-5-13(8-12)18-2/h3-8,14,16-17H,9-10H2,1-2H3. The fourth-order valence-corrected chi connectivity index (χ4v) is 2.80. The largest absolute Gasteiger partial charge is 0.497 e.